The van der Waals surface area contributed by atoms with Crippen LogP contribution in [0.1, 0.15) is 21.7 Å². The van der Waals surface area contributed by atoms with Crippen LogP contribution < -0.4 is 14.8 Å². The van der Waals surface area contributed by atoms with Crippen molar-refractivity contribution >= 4 is 27.4 Å². The predicted octanol–water partition coefficient (Wildman–Crippen LogP) is 4.02. The predicted molar refractivity (Wildman–Crippen MR) is 118 cm³/mol. The van der Waals surface area contributed by atoms with Crippen LogP contribution in [0, 0.1) is 13.8 Å². The van der Waals surface area contributed by atoms with Gasteiger partial charge in [-0.05, 0) is 67.7 Å². The molecule has 0 bridgehead atoms. The molecular weight excluding hydrogens is 432 g/mol. The Hall–Kier alpha value is -3.92. The Bertz CT molecular complexity index is 1280. The number of nitrogens with zero attached hydrogens (tertiary/aromatic N) is 3. The van der Waals surface area contributed by atoms with Gasteiger partial charge in [0.1, 0.15) is 0 Å². The van der Waals surface area contributed by atoms with Gasteiger partial charge < -0.3 is 24.8 Å². The summed E-state index contributed by atoms with van der Waals surface area (Å²) in [6, 6.07) is 12.7. The van der Waals surface area contributed by atoms with Crippen molar-refractivity contribution < 1.29 is 22.7 Å². The van der Waals surface area contributed by atoms with Gasteiger partial charge in [0.2, 0.25) is 16.8 Å². The van der Waals surface area contributed by atoms with E-state index in [1.54, 1.807) is 50.2 Å². The molecule has 3 aromatic rings. The van der Waals surface area contributed by atoms with Crippen LogP contribution in [0.5, 0.6) is 11.5 Å². The average molecular weight is 451 g/mol. The SMILES string of the molecule is Cc1cc(C)nc([N-]S(=O)(=O)c2ccc(N/C=C/C(=O)c3ccc4c(c3)OCO4)cc2)n1. The number of carbonyl (C=O) groups excluding carboxylic acids is 1. The van der Waals surface area contributed by atoms with Crippen molar-refractivity contribution in [3.05, 3.63) is 82.5 Å². The Balaban J connectivity index is 1.39. The van der Waals surface area contributed by atoms with Crippen LogP contribution in [0.4, 0.5) is 11.6 Å². The molecule has 9 nitrogen and oxygen atoms in total. The third-order valence-corrected chi connectivity index (χ3v) is 5.74. The minimum Gasteiger partial charge on any atom is -0.454 e. The number of hydrogen-bond acceptors (Lipinski definition) is 8. The molecule has 0 unspecified atom stereocenters. The van der Waals surface area contributed by atoms with Gasteiger partial charge in [-0.2, -0.15) is 0 Å². The summed E-state index contributed by atoms with van der Waals surface area (Å²) in [5.41, 5.74) is 2.33. The van der Waals surface area contributed by atoms with E-state index < -0.39 is 10.0 Å². The van der Waals surface area contributed by atoms with E-state index in [4.69, 9.17) is 9.47 Å². The zero-order chi connectivity index (χ0) is 22.7. The van der Waals surface area contributed by atoms with Crippen LogP contribution >= 0.6 is 0 Å². The number of fused-ring (bicyclic) bond motifs is 1. The number of aromatic nitrogens is 2. The number of allylic oxidation sites excluding steroid dienone is 1. The van der Waals surface area contributed by atoms with Gasteiger partial charge >= 0.3 is 0 Å². The molecule has 0 atom stereocenters. The van der Waals surface area contributed by atoms with Crippen LogP contribution in [-0.2, 0) is 10.0 Å². The second-order valence-electron chi connectivity index (χ2n) is 6.95. The highest BCUT2D eigenvalue weighted by Gasteiger charge is 2.15. The summed E-state index contributed by atoms with van der Waals surface area (Å²) in [5.74, 6) is 0.817. The number of hydrogen-bond donors (Lipinski definition) is 1. The number of carbonyl (C=O) groups is 1. The Morgan fingerprint density at radius 3 is 2.41 bits per heavy atom. The van der Waals surface area contributed by atoms with E-state index in [0.717, 1.165) is 0 Å². The van der Waals surface area contributed by atoms with Crippen molar-refractivity contribution in [1.29, 1.82) is 0 Å². The summed E-state index contributed by atoms with van der Waals surface area (Å²) in [4.78, 5) is 20.4. The third-order valence-electron chi connectivity index (χ3n) is 4.47. The van der Waals surface area contributed by atoms with Crippen LogP contribution in [0.25, 0.3) is 4.72 Å². The highest BCUT2D eigenvalue weighted by Crippen LogP contribution is 2.32. The fourth-order valence-corrected chi connectivity index (χ4v) is 3.87. The van der Waals surface area contributed by atoms with Crippen molar-refractivity contribution in [3.63, 3.8) is 0 Å². The first kappa shape index (κ1) is 21.3. The van der Waals surface area contributed by atoms with Crippen LogP contribution in [0.15, 0.2) is 65.7 Å². The second-order valence-corrected chi connectivity index (χ2v) is 8.56. The smallest absolute Gasteiger partial charge is 0.231 e. The molecule has 0 saturated heterocycles. The molecule has 0 amide bonds. The Morgan fingerprint density at radius 2 is 1.69 bits per heavy atom. The molecule has 4 rings (SSSR count). The zero-order valence-electron chi connectivity index (χ0n) is 17.3. The summed E-state index contributed by atoms with van der Waals surface area (Å²) in [6.45, 7) is 3.62. The summed E-state index contributed by atoms with van der Waals surface area (Å²) in [7, 11) is -3.96. The largest absolute Gasteiger partial charge is 0.454 e. The molecule has 1 N–H and O–H groups in total. The van der Waals surface area contributed by atoms with Crippen molar-refractivity contribution in [2.45, 2.75) is 18.7 Å². The van der Waals surface area contributed by atoms with Gasteiger partial charge in [0, 0.05) is 29.5 Å². The lowest BCUT2D eigenvalue weighted by molar-refractivity contribution is 0.104. The zero-order valence-corrected chi connectivity index (χ0v) is 18.1. The van der Waals surface area contributed by atoms with E-state index in [2.05, 4.69) is 20.0 Å². The minimum absolute atomic E-state index is 0.00576. The molecule has 164 valence electrons. The van der Waals surface area contributed by atoms with E-state index in [1.165, 1.54) is 24.4 Å². The standard InChI is InChI=1S/C22H20N4O5S/c1-14-11-15(2)25-22(24-14)26-32(28,29)18-6-4-17(5-7-18)23-10-9-19(27)16-3-8-20-21(12-16)31-13-30-20/h3-12H,13H2,1-2H3,(H2,23,24,25,26,27)/p-1. The quantitative estimate of drug-likeness (QED) is 0.422. The molecule has 10 heteroatoms. The summed E-state index contributed by atoms with van der Waals surface area (Å²) in [5, 5.41) is 2.93. The van der Waals surface area contributed by atoms with Crippen molar-refractivity contribution in [3.8, 4) is 11.5 Å². The van der Waals surface area contributed by atoms with Gasteiger partial charge in [-0.1, -0.05) is 6.07 Å². The van der Waals surface area contributed by atoms with Crippen LogP contribution in [0.3, 0.4) is 0 Å². The number of ether oxygens (including phenoxy) is 2. The second kappa shape index (κ2) is 8.67. The van der Waals surface area contributed by atoms with Crippen molar-refractivity contribution in [2.24, 2.45) is 0 Å². The average Bonchev–Trinajstić information content (AvgIpc) is 3.21. The van der Waals surface area contributed by atoms with Gasteiger partial charge in [-0.25, -0.2) is 8.42 Å². The van der Waals surface area contributed by atoms with E-state index in [9.17, 15) is 13.2 Å². The number of sulfonamides is 1. The molecule has 1 aliphatic heterocycles. The molecule has 2 aromatic carbocycles. The normalized spacial score (nSPS) is 12.7. The topological polar surface area (TPSA) is 122 Å². The molecule has 1 aliphatic rings. The van der Waals surface area contributed by atoms with Crippen molar-refractivity contribution in [1.82, 2.24) is 9.97 Å². The van der Waals surface area contributed by atoms with Gasteiger partial charge in [0.25, 0.3) is 0 Å². The number of ketones is 1. The van der Waals surface area contributed by atoms with Crippen LogP contribution in [-0.4, -0.2) is 31.0 Å². The lowest BCUT2D eigenvalue weighted by Gasteiger charge is -2.15. The molecule has 0 fully saturated rings. The number of aryl methyl sites for hydroxylation is 2. The number of rotatable bonds is 7. The van der Waals surface area contributed by atoms with Gasteiger partial charge in [-0.3, -0.25) is 9.52 Å². The third kappa shape index (κ3) is 4.86. The maximum atomic E-state index is 12.5. The Kier molecular flexibility index (Phi) is 5.78. The maximum absolute atomic E-state index is 12.5. The monoisotopic (exact) mass is 451 g/mol. The first-order chi connectivity index (χ1) is 15.3. The molecule has 2 heterocycles. The van der Waals surface area contributed by atoms with E-state index >= 15 is 0 Å². The van der Waals surface area contributed by atoms with Crippen LogP contribution in [0.2, 0.25) is 0 Å². The minimum atomic E-state index is -3.96. The van der Waals surface area contributed by atoms with E-state index in [-0.39, 0.29) is 23.4 Å². The van der Waals surface area contributed by atoms with Gasteiger partial charge in [0.05, 0.1) is 4.90 Å². The Labute approximate surface area is 185 Å². The van der Waals surface area contributed by atoms with Gasteiger partial charge in [0.15, 0.2) is 17.3 Å². The number of benzene rings is 2. The molecule has 32 heavy (non-hydrogen) atoms. The fraction of sp³-hybridized carbons (Fsp3) is 0.136. The molecular formula is C22H19N4O5S-. The number of nitrogens with one attached hydrogen (secondary N) is 1. The Morgan fingerprint density at radius 1 is 1.00 bits per heavy atom. The molecule has 1 aromatic heterocycles. The fourth-order valence-electron chi connectivity index (χ4n) is 2.99. The molecule has 0 radical (unpaired) electrons. The summed E-state index contributed by atoms with van der Waals surface area (Å²) < 4.78 is 39.3. The number of anilines is 1. The highest BCUT2D eigenvalue weighted by molar-refractivity contribution is 7.94. The molecule has 0 saturated carbocycles. The molecule has 0 aliphatic carbocycles. The van der Waals surface area contributed by atoms with E-state index in [0.29, 0.717) is 34.1 Å². The maximum Gasteiger partial charge on any atom is 0.231 e. The van der Waals surface area contributed by atoms with E-state index in [1.807, 2.05) is 0 Å². The molecule has 0 spiro atoms. The first-order valence-electron chi connectivity index (χ1n) is 9.58. The lowest BCUT2D eigenvalue weighted by atomic mass is 10.1. The summed E-state index contributed by atoms with van der Waals surface area (Å²) >= 11 is 0. The highest BCUT2D eigenvalue weighted by atomic mass is 32.2. The van der Waals surface area contributed by atoms with Gasteiger partial charge in [-0.15, -0.1) is 0 Å². The lowest BCUT2D eigenvalue weighted by Crippen LogP contribution is -2.01. The first-order valence-corrected chi connectivity index (χ1v) is 11.0. The summed E-state index contributed by atoms with van der Waals surface area (Å²) in [6.07, 6.45) is 2.85. The van der Waals surface area contributed by atoms with Crippen molar-refractivity contribution in [2.75, 3.05) is 12.1 Å².